The van der Waals surface area contributed by atoms with E-state index in [2.05, 4.69) is 0 Å². The molecule has 0 N–H and O–H groups in total. The van der Waals surface area contributed by atoms with Crippen molar-refractivity contribution < 1.29 is 79.0 Å². The highest BCUT2D eigenvalue weighted by molar-refractivity contribution is 6.13. The van der Waals surface area contributed by atoms with E-state index in [1.54, 1.807) is 0 Å². The molecule has 8 aromatic carbocycles. The number of hydrogen-bond donors (Lipinski definition) is 0. The molecule has 76 heavy (non-hydrogen) atoms. The second kappa shape index (κ2) is 17.3. The van der Waals surface area contributed by atoms with Gasteiger partial charge in [-0.15, -0.1) is 0 Å². The first-order valence-corrected chi connectivity index (χ1v) is 22.0. The summed E-state index contributed by atoms with van der Waals surface area (Å²) in [5.41, 5.74) is -15.7. The molecule has 0 aliphatic rings. The Morgan fingerprint density at radius 1 is 0.303 bits per heavy atom. The topological polar surface area (TPSA) is 33.6 Å². The van der Waals surface area contributed by atoms with Crippen molar-refractivity contribution in [2.24, 2.45) is 0 Å². The number of rotatable bonds is 5. The molecule has 0 radical (unpaired) electrons. The molecule has 0 bridgehead atoms. The van der Waals surface area contributed by atoms with E-state index in [0.717, 1.165) is 24.3 Å². The first-order valence-electron chi connectivity index (χ1n) is 22.0. The van der Waals surface area contributed by atoms with E-state index in [1.165, 1.54) is 81.9 Å². The Morgan fingerprint density at radius 3 is 0.974 bits per heavy atom. The highest BCUT2D eigenvalue weighted by Gasteiger charge is 2.44. The van der Waals surface area contributed by atoms with Gasteiger partial charge in [-0.05, 0) is 119 Å². The van der Waals surface area contributed by atoms with Crippen LogP contribution < -0.4 is 0 Å². The molecule has 3 nitrogen and oxygen atoms in total. The minimum atomic E-state index is -5.55. The lowest BCUT2D eigenvalue weighted by atomic mass is 9.89. The van der Waals surface area contributed by atoms with Gasteiger partial charge in [-0.3, -0.25) is 0 Å². The fraction of sp³-hybridized carbons (Fsp3) is 0.109. The number of fused-ring (bicyclic) bond motifs is 6. The largest absolute Gasteiger partial charge is 0.417 e. The maximum absolute atomic E-state index is 15.5. The number of halogens is 18. The fourth-order valence-electron chi connectivity index (χ4n) is 9.65. The number of alkyl halides is 18. The molecule has 0 unspecified atom stereocenters. The van der Waals surface area contributed by atoms with Crippen LogP contribution in [-0.4, -0.2) is 9.13 Å². The average molecular weight is 1070 g/mol. The lowest BCUT2D eigenvalue weighted by molar-refractivity contribution is -0.144. The molecule has 10 aromatic rings. The number of para-hydroxylation sites is 2. The second-order valence-electron chi connectivity index (χ2n) is 17.5. The van der Waals surface area contributed by atoms with Crippen molar-refractivity contribution in [3.63, 3.8) is 0 Å². The molecule has 0 aliphatic heterocycles. The maximum Gasteiger partial charge on any atom is 0.417 e. The third-order valence-corrected chi connectivity index (χ3v) is 12.8. The van der Waals surface area contributed by atoms with E-state index in [1.807, 2.05) is 6.07 Å². The van der Waals surface area contributed by atoms with Crippen LogP contribution in [0.4, 0.5) is 79.0 Å². The van der Waals surface area contributed by atoms with Gasteiger partial charge in [-0.25, -0.2) is 0 Å². The van der Waals surface area contributed by atoms with Crippen LogP contribution in [0.15, 0.2) is 152 Å². The van der Waals surface area contributed by atoms with Crippen LogP contribution in [0.3, 0.4) is 0 Å². The first-order chi connectivity index (χ1) is 35.4. The number of hydrogen-bond acceptors (Lipinski definition) is 1. The SMILES string of the molecule is N#Cc1cc(-n2c3ccccc3c3cc(-c4cc(C(F)(F)F)cc(C(F)(F)F)c4)ccc32)c(-c2c(C(F)(F)F)cccc2C(F)(F)F)c(-n2c3ccccc3c3cc(-c4cc(C(F)(F)F)cc(C(F)(F)F)c4)ccc32)c1. The number of nitrogens with zero attached hydrogens (tertiary/aromatic N) is 3. The summed E-state index contributed by atoms with van der Waals surface area (Å²) in [6.07, 6.45) is -32.1. The van der Waals surface area contributed by atoms with Gasteiger partial charge < -0.3 is 9.13 Å². The van der Waals surface area contributed by atoms with Gasteiger partial charge in [0, 0.05) is 32.7 Å². The van der Waals surface area contributed by atoms with Crippen molar-refractivity contribution in [2.45, 2.75) is 37.1 Å². The highest BCUT2D eigenvalue weighted by Crippen LogP contribution is 2.52. The Morgan fingerprint density at radius 2 is 0.645 bits per heavy atom. The zero-order valence-electron chi connectivity index (χ0n) is 37.6. The third-order valence-electron chi connectivity index (χ3n) is 12.8. The van der Waals surface area contributed by atoms with Gasteiger partial charge in [0.1, 0.15) is 0 Å². The van der Waals surface area contributed by atoms with E-state index in [9.17, 15) is 57.9 Å². The normalized spacial score (nSPS) is 13.1. The Hall–Kier alpha value is -8.41. The van der Waals surface area contributed by atoms with Gasteiger partial charge in [0.15, 0.2) is 0 Å². The lowest BCUT2D eigenvalue weighted by Gasteiger charge is -2.25. The van der Waals surface area contributed by atoms with Crippen LogP contribution in [0, 0.1) is 11.3 Å². The molecule has 0 fully saturated rings. The monoisotopic (exact) mass is 1070 g/mol. The predicted molar refractivity (Wildman–Crippen MR) is 246 cm³/mol. The van der Waals surface area contributed by atoms with E-state index in [4.69, 9.17) is 0 Å². The van der Waals surface area contributed by atoms with Crippen molar-refractivity contribution in [1.82, 2.24) is 9.13 Å². The molecule has 2 aromatic heterocycles. The van der Waals surface area contributed by atoms with Gasteiger partial charge in [-0.1, -0.05) is 54.6 Å². The first kappa shape index (κ1) is 51.1. The number of aromatic nitrogens is 2. The molecule has 0 amide bonds. The Labute approximate surface area is 414 Å². The fourth-order valence-corrected chi connectivity index (χ4v) is 9.65. The van der Waals surface area contributed by atoms with Crippen molar-refractivity contribution in [3.8, 4) is 50.8 Å². The number of nitriles is 1. The molecule has 2 heterocycles. The lowest BCUT2D eigenvalue weighted by Crippen LogP contribution is -2.16. The van der Waals surface area contributed by atoms with Crippen molar-refractivity contribution >= 4 is 43.6 Å². The molecule has 0 atom stereocenters. The van der Waals surface area contributed by atoms with E-state index >= 15 is 26.3 Å². The van der Waals surface area contributed by atoms with Crippen molar-refractivity contribution in [3.05, 3.63) is 191 Å². The van der Waals surface area contributed by atoms with Crippen molar-refractivity contribution in [2.75, 3.05) is 0 Å². The van der Waals surface area contributed by atoms with E-state index < -0.39 is 104 Å². The Kier molecular flexibility index (Phi) is 11.6. The Bertz CT molecular complexity index is 3730. The summed E-state index contributed by atoms with van der Waals surface area (Å²) in [5, 5.41) is 11.0. The summed E-state index contributed by atoms with van der Waals surface area (Å²) in [7, 11) is 0. The second-order valence-corrected chi connectivity index (χ2v) is 17.5. The van der Waals surface area contributed by atoms with Crippen LogP contribution in [0.5, 0.6) is 0 Å². The molecule has 0 saturated heterocycles. The summed E-state index contributed by atoms with van der Waals surface area (Å²) in [6.45, 7) is 0. The van der Waals surface area contributed by atoms with Crippen LogP contribution >= 0.6 is 0 Å². The van der Waals surface area contributed by atoms with E-state index in [-0.39, 0.29) is 72.4 Å². The smallest absolute Gasteiger partial charge is 0.308 e. The molecule has 10 rings (SSSR count). The number of benzene rings is 8. The summed E-state index contributed by atoms with van der Waals surface area (Å²) in [4.78, 5) is 0. The van der Waals surface area contributed by atoms with Gasteiger partial charge in [0.2, 0.25) is 0 Å². The zero-order chi connectivity index (χ0) is 54.8. The average Bonchev–Trinajstić information content (AvgIpc) is 3.92. The maximum atomic E-state index is 15.5. The molecular weight excluding hydrogens is 1040 g/mol. The molecule has 0 spiro atoms. The van der Waals surface area contributed by atoms with Gasteiger partial charge in [0.05, 0.1) is 78.5 Å². The highest BCUT2D eigenvalue weighted by atomic mass is 19.4. The molecule has 386 valence electrons. The molecule has 0 aliphatic carbocycles. The Balaban J connectivity index is 1.34. The molecular formula is C55H25F18N3. The third kappa shape index (κ3) is 8.88. The quantitative estimate of drug-likeness (QED) is 0.158. The van der Waals surface area contributed by atoms with Gasteiger partial charge >= 0.3 is 37.1 Å². The standard InChI is InChI=1S/C55H25F18N3/c56-50(57,58)32-18-30(19-33(24-32)51(59,60)61)28-12-14-44-38(22-28)36-6-1-3-10-42(36)75(44)46-16-27(26-74)17-47(49(46)48-40(54(68,69)70)8-5-9-41(48)55(71,72)73)76-43-11-4-2-7-37(43)39-23-29(13-15-45(39)76)31-20-34(52(62,63)64)25-35(21-31)53(65,66)67/h1-25H. The zero-order valence-corrected chi connectivity index (χ0v) is 37.6. The van der Waals surface area contributed by atoms with Crippen molar-refractivity contribution in [1.29, 1.82) is 5.26 Å². The van der Waals surface area contributed by atoms with Gasteiger partial charge in [0.25, 0.3) is 0 Å². The molecule has 0 saturated carbocycles. The molecule has 21 heteroatoms. The van der Waals surface area contributed by atoms with Gasteiger partial charge in [-0.2, -0.15) is 84.3 Å². The summed E-state index contributed by atoms with van der Waals surface area (Å²) in [6, 6.07) is 25.2. The van der Waals surface area contributed by atoms with E-state index in [0.29, 0.717) is 42.5 Å². The summed E-state index contributed by atoms with van der Waals surface area (Å²) in [5.74, 6) is 0. The predicted octanol–water partition coefficient (Wildman–Crippen LogP) is 18.9. The minimum absolute atomic E-state index is 0.0150. The van der Waals surface area contributed by atoms with Crippen LogP contribution in [0.2, 0.25) is 0 Å². The van der Waals surface area contributed by atoms with Crippen LogP contribution in [0.1, 0.15) is 38.9 Å². The summed E-state index contributed by atoms with van der Waals surface area (Å²) >= 11 is 0. The van der Waals surface area contributed by atoms with Crippen LogP contribution in [0.25, 0.3) is 88.4 Å². The van der Waals surface area contributed by atoms with Crippen LogP contribution in [-0.2, 0) is 37.1 Å². The summed E-state index contributed by atoms with van der Waals surface area (Å²) < 4.78 is 264. The minimum Gasteiger partial charge on any atom is -0.308 e.